The molecule has 1 aliphatic rings. The van der Waals surface area contributed by atoms with Gasteiger partial charge in [0.1, 0.15) is 11.8 Å². The van der Waals surface area contributed by atoms with Crippen molar-refractivity contribution < 1.29 is 12.8 Å². The van der Waals surface area contributed by atoms with Gasteiger partial charge in [0, 0.05) is 10.0 Å². The fourth-order valence-corrected chi connectivity index (χ4v) is 4.47. The molecule has 27 heavy (non-hydrogen) atoms. The van der Waals surface area contributed by atoms with Crippen molar-refractivity contribution in [2.24, 2.45) is 0 Å². The number of furan rings is 1. The number of nitrogens with zero attached hydrogens (tertiary/aromatic N) is 1. The fraction of sp³-hybridized carbons (Fsp3) is 0.0526. The molecule has 5 nitrogen and oxygen atoms in total. The Morgan fingerprint density at radius 2 is 1.56 bits per heavy atom. The Balaban J connectivity index is 1.75. The highest BCUT2D eigenvalue weighted by Gasteiger charge is 2.38. The molecule has 0 radical (unpaired) electrons. The average molecular weight is 421 g/mol. The lowest BCUT2D eigenvalue weighted by Gasteiger charge is -2.23. The van der Waals surface area contributed by atoms with Gasteiger partial charge in [-0.05, 0) is 60.2 Å². The molecule has 8 heteroatoms. The zero-order valence-corrected chi connectivity index (χ0v) is 16.2. The van der Waals surface area contributed by atoms with E-state index >= 15 is 0 Å². The highest BCUT2D eigenvalue weighted by molar-refractivity contribution is 7.89. The molecular formula is C19H14Cl2N2O3S. The molecule has 1 aromatic heterocycles. The molecule has 2 aromatic carbocycles. The normalized spacial score (nSPS) is 17.6. The van der Waals surface area contributed by atoms with Crippen molar-refractivity contribution >= 4 is 38.9 Å². The van der Waals surface area contributed by atoms with E-state index in [1.54, 1.807) is 42.5 Å². The SMILES string of the molecule is O=S(=O)(c1ccc(Cl)cc1)N1NC(c2ccc(Cl)cc2)=C[C@@H]1c1ccco1. The van der Waals surface area contributed by atoms with Gasteiger partial charge >= 0.3 is 0 Å². The Bertz CT molecular complexity index is 1080. The van der Waals surface area contributed by atoms with Crippen LogP contribution in [0.5, 0.6) is 0 Å². The third kappa shape index (κ3) is 3.49. The van der Waals surface area contributed by atoms with Crippen LogP contribution in [-0.4, -0.2) is 12.8 Å². The third-order valence-corrected chi connectivity index (χ3v) is 6.38. The molecule has 0 saturated heterocycles. The van der Waals surface area contributed by atoms with Crippen LogP contribution in [0.3, 0.4) is 0 Å². The van der Waals surface area contributed by atoms with Crippen LogP contribution in [0.15, 0.2) is 82.3 Å². The quantitative estimate of drug-likeness (QED) is 0.653. The maximum atomic E-state index is 13.2. The van der Waals surface area contributed by atoms with Crippen LogP contribution in [0, 0.1) is 0 Å². The van der Waals surface area contributed by atoms with E-state index < -0.39 is 16.1 Å². The number of halogens is 2. The minimum Gasteiger partial charge on any atom is -0.467 e. The number of nitrogens with one attached hydrogen (secondary N) is 1. The Morgan fingerprint density at radius 1 is 0.926 bits per heavy atom. The van der Waals surface area contributed by atoms with Gasteiger partial charge in [0.05, 0.1) is 16.9 Å². The summed E-state index contributed by atoms with van der Waals surface area (Å²) in [7, 11) is -3.85. The van der Waals surface area contributed by atoms with E-state index in [9.17, 15) is 8.42 Å². The fourth-order valence-electron chi connectivity index (χ4n) is 2.83. The molecule has 1 N–H and O–H groups in total. The average Bonchev–Trinajstić information content (AvgIpc) is 3.32. The first-order valence-corrected chi connectivity index (χ1v) is 10.2. The maximum Gasteiger partial charge on any atom is 0.260 e. The monoisotopic (exact) mass is 420 g/mol. The molecule has 138 valence electrons. The second-order valence-electron chi connectivity index (χ2n) is 5.91. The van der Waals surface area contributed by atoms with Crippen molar-refractivity contribution in [2.75, 3.05) is 0 Å². The summed E-state index contributed by atoms with van der Waals surface area (Å²) in [6.45, 7) is 0. The Morgan fingerprint density at radius 3 is 2.15 bits per heavy atom. The first-order valence-electron chi connectivity index (χ1n) is 8.03. The summed E-state index contributed by atoms with van der Waals surface area (Å²) in [6.07, 6.45) is 3.31. The maximum absolute atomic E-state index is 13.2. The predicted octanol–water partition coefficient (Wildman–Crippen LogP) is 4.88. The van der Waals surface area contributed by atoms with E-state index in [0.717, 1.165) is 5.56 Å². The van der Waals surface area contributed by atoms with E-state index in [-0.39, 0.29) is 4.90 Å². The summed E-state index contributed by atoms with van der Waals surface area (Å²) in [5.74, 6) is 0.504. The van der Waals surface area contributed by atoms with Gasteiger partial charge < -0.3 is 9.84 Å². The van der Waals surface area contributed by atoms with Crippen molar-refractivity contribution in [2.45, 2.75) is 10.9 Å². The highest BCUT2D eigenvalue weighted by atomic mass is 35.5. The largest absolute Gasteiger partial charge is 0.467 e. The Labute approximate surface area is 166 Å². The van der Waals surface area contributed by atoms with Gasteiger partial charge in [-0.2, -0.15) is 0 Å². The molecule has 1 atom stereocenters. The lowest BCUT2D eigenvalue weighted by atomic mass is 10.1. The molecule has 0 aliphatic carbocycles. The molecule has 0 amide bonds. The van der Waals surface area contributed by atoms with Crippen LogP contribution in [0.2, 0.25) is 10.0 Å². The van der Waals surface area contributed by atoms with Gasteiger partial charge in [0.2, 0.25) is 0 Å². The third-order valence-electron chi connectivity index (χ3n) is 4.17. The van der Waals surface area contributed by atoms with E-state index in [1.165, 1.54) is 22.8 Å². The number of rotatable bonds is 4. The van der Waals surface area contributed by atoms with Crippen LogP contribution >= 0.6 is 23.2 Å². The number of hydrogen-bond acceptors (Lipinski definition) is 4. The molecule has 0 saturated carbocycles. The highest BCUT2D eigenvalue weighted by Crippen LogP contribution is 2.35. The Kier molecular flexibility index (Phi) is 4.74. The predicted molar refractivity (Wildman–Crippen MR) is 104 cm³/mol. The minimum atomic E-state index is -3.85. The van der Waals surface area contributed by atoms with Crippen molar-refractivity contribution in [1.29, 1.82) is 0 Å². The molecule has 4 rings (SSSR count). The number of hydrogen-bond donors (Lipinski definition) is 1. The molecule has 0 fully saturated rings. The summed E-state index contributed by atoms with van der Waals surface area (Å²) in [6, 6.07) is 16.0. The van der Waals surface area contributed by atoms with Gasteiger partial charge in [-0.1, -0.05) is 39.7 Å². The molecule has 0 bridgehead atoms. The first-order chi connectivity index (χ1) is 12.9. The number of sulfonamides is 1. The second-order valence-corrected chi connectivity index (χ2v) is 8.60. The van der Waals surface area contributed by atoms with Crippen molar-refractivity contribution in [3.05, 3.63) is 94.4 Å². The summed E-state index contributed by atoms with van der Waals surface area (Å²) >= 11 is 11.8. The molecule has 2 heterocycles. The van der Waals surface area contributed by atoms with Gasteiger partial charge in [0.15, 0.2) is 0 Å². The number of benzene rings is 2. The van der Waals surface area contributed by atoms with Gasteiger partial charge in [0.25, 0.3) is 10.0 Å². The topological polar surface area (TPSA) is 62.6 Å². The van der Waals surface area contributed by atoms with Crippen molar-refractivity contribution in [1.82, 2.24) is 9.84 Å². The van der Waals surface area contributed by atoms with Crippen LogP contribution in [-0.2, 0) is 10.0 Å². The zero-order chi connectivity index (χ0) is 19.0. The number of hydrazine groups is 1. The molecular weight excluding hydrogens is 407 g/mol. The summed E-state index contributed by atoms with van der Waals surface area (Å²) < 4.78 is 33.1. The van der Waals surface area contributed by atoms with E-state index in [2.05, 4.69) is 5.43 Å². The lowest BCUT2D eigenvalue weighted by Crippen LogP contribution is -2.39. The van der Waals surface area contributed by atoms with Gasteiger partial charge in [-0.3, -0.25) is 0 Å². The van der Waals surface area contributed by atoms with E-state index in [1.807, 2.05) is 12.1 Å². The van der Waals surface area contributed by atoms with Crippen LogP contribution < -0.4 is 5.43 Å². The van der Waals surface area contributed by atoms with E-state index in [4.69, 9.17) is 27.6 Å². The first kappa shape index (κ1) is 18.1. The molecule has 0 spiro atoms. The van der Waals surface area contributed by atoms with Gasteiger partial charge in [-0.15, -0.1) is 0 Å². The van der Waals surface area contributed by atoms with Crippen LogP contribution in [0.1, 0.15) is 17.4 Å². The van der Waals surface area contributed by atoms with Crippen molar-refractivity contribution in [3.63, 3.8) is 0 Å². The molecule has 1 aliphatic heterocycles. The van der Waals surface area contributed by atoms with Crippen LogP contribution in [0.4, 0.5) is 0 Å². The van der Waals surface area contributed by atoms with Crippen molar-refractivity contribution in [3.8, 4) is 0 Å². The summed E-state index contributed by atoms with van der Waals surface area (Å²) in [5.41, 5.74) is 4.44. The second kappa shape index (κ2) is 7.05. The lowest BCUT2D eigenvalue weighted by molar-refractivity contribution is 0.310. The van der Waals surface area contributed by atoms with Crippen LogP contribution in [0.25, 0.3) is 5.70 Å². The van der Waals surface area contributed by atoms with Gasteiger partial charge in [-0.25, -0.2) is 8.42 Å². The molecule has 3 aromatic rings. The summed E-state index contributed by atoms with van der Waals surface area (Å²) in [4.78, 5) is 0.127. The Hall–Kier alpha value is -2.25. The minimum absolute atomic E-state index is 0.127. The molecule has 0 unspecified atom stereocenters. The van der Waals surface area contributed by atoms with E-state index in [0.29, 0.717) is 21.5 Å². The summed E-state index contributed by atoms with van der Waals surface area (Å²) in [5, 5.41) is 1.07. The standard InChI is InChI=1S/C19H14Cl2N2O3S/c20-14-5-3-13(4-6-14)17-12-18(19-2-1-11-26-19)23(22-17)27(24,25)16-9-7-15(21)8-10-16/h1-12,18,22H/t18-/m1/s1. The zero-order valence-electron chi connectivity index (χ0n) is 13.8. The smallest absolute Gasteiger partial charge is 0.260 e.